The van der Waals surface area contributed by atoms with Crippen molar-refractivity contribution in [1.82, 2.24) is 24.6 Å². The van der Waals surface area contributed by atoms with Gasteiger partial charge in [0.25, 0.3) is 5.91 Å². The van der Waals surface area contributed by atoms with Crippen LogP contribution in [0.25, 0.3) is 27.7 Å². The standard InChI is InChI=1S/C28H27ClN6O3/c1-16-21(12-18(29)14-31-16)27(36)32-19-8-6-17(7-9-19)15-34-23-4-2-3-5-24(23)35(28(34)37)20-10-11-25-22(13-20)26(30)33-38-25/h2-5,10-14,17,19H,6-9,15H2,1H3,(H2,30,33)(H,32,36). The van der Waals surface area contributed by atoms with Crippen LogP contribution in [0.3, 0.4) is 0 Å². The largest absolute Gasteiger partial charge is 0.380 e. The number of benzene rings is 2. The topological polar surface area (TPSA) is 121 Å². The number of nitrogens with one attached hydrogen (secondary N) is 1. The molecule has 1 aliphatic carbocycles. The van der Waals surface area contributed by atoms with Crippen LogP contribution >= 0.6 is 11.6 Å². The maximum absolute atomic E-state index is 13.7. The number of carbonyl (C=O) groups excluding carboxylic acids is 1. The number of nitrogens with zero attached hydrogens (tertiary/aromatic N) is 4. The number of rotatable bonds is 5. The lowest BCUT2D eigenvalue weighted by atomic mass is 9.85. The van der Waals surface area contributed by atoms with Crippen LogP contribution in [0, 0.1) is 12.8 Å². The van der Waals surface area contributed by atoms with Crippen molar-refractivity contribution in [3.8, 4) is 5.69 Å². The van der Waals surface area contributed by atoms with Gasteiger partial charge in [-0.3, -0.25) is 18.9 Å². The van der Waals surface area contributed by atoms with E-state index in [9.17, 15) is 9.59 Å². The molecule has 0 atom stereocenters. The Morgan fingerprint density at radius 1 is 1.13 bits per heavy atom. The Hall–Kier alpha value is -4.11. The molecule has 1 fully saturated rings. The van der Waals surface area contributed by atoms with Gasteiger partial charge in [-0.05, 0) is 74.9 Å². The fourth-order valence-corrected chi connectivity index (χ4v) is 5.62. The van der Waals surface area contributed by atoms with E-state index in [1.54, 1.807) is 29.8 Å². The van der Waals surface area contributed by atoms with E-state index in [2.05, 4.69) is 15.5 Å². The molecule has 3 aromatic heterocycles. The molecule has 9 nitrogen and oxygen atoms in total. The molecule has 5 aromatic rings. The van der Waals surface area contributed by atoms with Gasteiger partial charge in [0.1, 0.15) is 0 Å². The number of nitrogens with two attached hydrogens (primary N) is 1. The number of imidazole rings is 1. The molecule has 2 aromatic carbocycles. The van der Waals surface area contributed by atoms with E-state index in [1.807, 2.05) is 41.0 Å². The summed E-state index contributed by atoms with van der Waals surface area (Å²) in [5.41, 5.74) is 10.0. The maximum atomic E-state index is 13.7. The molecule has 0 radical (unpaired) electrons. The van der Waals surface area contributed by atoms with Crippen LogP contribution in [0.15, 0.2) is 64.0 Å². The molecular weight excluding hydrogens is 504 g/mol. The fourth-order valence-electron chi connectivity index (χ4n) is 5.47. The summed E-state index contributed by atoms with van der Waals surface area (Å²) >= 11 is 6.04. The number of anilines is 1. The molecule has 0 aliphatic heterocycles. The number of halogens is 1. The van der Waals surface area contributed by atoms with Crippen molar-refractivity contribution < 1.29 is 9.32 Å². The fraction of sp³-hybridized carbons (Fsp3) is 0.286. The predicted molar refractivity (Wildman–Crippen MR) is 147 cm³/mol. The molecule has 194 valence electrons. The quantitative estimate of drug-likeness (QED) is 0.334. The number of carbonyl (C=O) groups is 1. The van der Waals surface area contributed by atoms with Gasteiger partial charge in [-0.2, -0.15) is 0 Å². The van der Waals surface area contributed by atoms with Crippen LogP contribution < -0.4 is 16.7 Å². The number of pyridine rings is 1. The first-order valence-corrected chi connectivity index (χ1v) is 13.1. The van der Waals surface area contributed by atoms with E-state index < -0.39 is 0 Å². The summed E-state index contributed by atoms with van der Waals surface area (Å²) in [5, 5.41) is 8.08. The molecule has 0 spiro atoms. The first-order chi connectivity index (χ1) is 18.4. The lowest BCUT2D eigenvalue weighted by molar-refractivity contribution is 0.0919. The summed E-state index contributed by atoms with van der Waals surface area (Å²) < 4.78 is 8.81. The first kappa shape index (κ1) is 24.2. The third kappa shape index (κ3) is 4.32. The zero-order valence-electron chi connectivity index (χ0n) is 20.9. The summed E-state index contributed by atoms with van der Waals surface area (Å²) in [5.74, 6) is 0.473. The Labute approximate surface area is 223 Å². The van der Waals surface area contributed by atoms with Gasteiger partial charge in [-0.1, -0.05) is 28.9 Å². The molecule has 38 heavy (non-hydrogen) atoms. The minimum atomic E-state index is -0.148. The van der Waals surface area contributed by atoms with Crippen LogP contribution in [0.2, 0.25) is 5.02 Å². The highest BCUT2D eigenvalue weighted by molar-refractivity contribution is 6.30. The number of amides is 1. The Kier molecular flexibility index (Phi) is 6.15. The number of hydrogen-bond acceptors (Lipinski definition) is 6. The number of aromatic nitrogens is 4. The highest BCUT2D eigenvalue weighted by Crippen LogP contribution is 2.29. The smallest absolute Gasteiger partial charge is 0.333 e. The molecule has 0 unspecified atom stereocenters. The van der Waals surface area contributed by atoms with Crippen molar-refractivity contribution in [1.29, 1.82) is 0 Å². The van der Waals surface area contributed by atoms with E-state index in [-0.39, 0.29) is 17.6 Å². The second-order valence-corrected chi connectivity index (χ2v) is 10.4. The maximum Gasteiger partial charge on any atom is 0.333 e. The van der Waals surface area contributed by atoms with Crippen LogP contribution in [0.5, 0.6) is 0 Å². The number of fused-ring (bicyclic) bond motifs is 2. The van der Waals surface area contributed by atoms with Crippen molar-refractivity contribution in [3.05, 3.63) is 81.5 Å². The van der Waals surface area contributed by atoms with Crippen LogP contribution in [-0.4, -0.2) is 31.2 Å². The van der Waals surface area contributed by atoms with Gasteiger partial charge in [0.2, 0.25) is 0 Å². The Bertz CT molecular complexity index is 1730. The predicted octanol–water partition coefficient (Wildman–Crippen LogP) is 4.86. The third-order valence-electron chi connectivity index (χ3n) is 7.50. The van der Waals surface area contributed by atoms with Crippen molar-refractivity contribution >= 4 is 45.3 Å². The number of para-hydroxylation sites is 2. The van der Waals surface area contributed by atoms with Gasteiger partial charge < -0.3 is 15.6 Å². The molecule has 3 N–H and O–H groups in total. The Morgan fingerprint density at radius 2 is 1.89 bits per heavy atom. The average molecular weight is 531 g/mol. The van der Waals surface area contributed by atoms with E-state index in [4.69, 9.17) is 21.9 Å². The van der Waals surface area contributed by atoms with Crippen molar-refractivity contribution in [2.24, 2.45) is 5.92 Å². The summed E-state index contributed by atoms with van der Waals surface area (Å²) in [6, 6.07) is 15.0. The molecule has 3 heterocycles. The Balaban J connectivity index is 1.21. The van der Waals surface area contributed by atoms with E-state index in [1.165, 1.54) is 0 Å². The third-order valence-corrected chi connectivity index (χ3v) is 7.70. The SMILES string of the molecule is Cc1ncc(Cl)cc1C(=O)NC1CCC(Cn2c(=O)n(-c3ccc4onc(N)c4c3)c3ccccc32)CC1. The highest BCUT2D eigenvalue weighted by atomic mass is 35.5. The van der Waals surface area contributed by atoms with E-state index in [0.717, 1.165) is 36.7 Å². The molecular formula is C28H27ClN6O3. The molecule has 1 aliphatic rings. The van der Waals surface area contributed by atoms with Crippen molar-refractivity contribution in [2.45, 2.75) is 45.2 Å². The molecule has 0 bridgehead atoms. The van der Waals surface area contributed by atoms with Crippen LogP contribution in [0.4, 0.5) is 5.82 Å². The lowest BCUT2D eigenvalue weighted by Crippen LogP contribution is -2.39. The highest BCUT2D eigenvalue weighted by Gasteiger charge is 2.26. The second kappa shape index (κ2) is 9.64. The summed E-state index contributed by atoms with van der Waals surface area (Å²) in [6.07, 6.45) is 5.06. The minimum absolute atomic E-state index is 0.0796. The number of nitrogen functional groups attached to an aromatic ring is 1. The first-order valence-electron chi connectivity index (χ1n) is 12.7. The van der Waals surface area contributed by atoms with Crippen molar-refractivity contribution in [3.63, 3.8) is 0 Å². The number of hydrogen-bond donors (Lipinski definition) is 2. The molecule has 1 amide bonds. The summed E-state index contributed by atoms with van der Waals surface area (Å²) in [7, 11) is 0. The Morgan fingerprint density at radius 3 is 2.68 bits per heavy atom. The van der Waals surface area contributed by atoms with Gasteiger partial charge in [-0.25, -0.2) is 4.79 Å². The number of aryl methyl sites for hydroxylation is 1. The van der Waals surface area contributed by atoms with E-state index >= 15 is 0 Å². The molecule has 1 saturated carbocycles. The molecule has 6 rings (SSSR count). The second-order valence-electron chi connectivity index (χ2n) is 9.94. The van der Waals surface area contributed by atoms with Gasteiger partial charge in [0, 0.05) is 18.8 Å². The minimum Gasteiger partial charge on any atom is -0.380 e. The van der Waals surface area contributed by atoms with Gasteiger partial charge >= 0.3 is 5.69 Å². The normalized spacial score (nSPS) is 17.7. The average Bonchev–Trinajstić information content (AvgIpc) is 3.43. The van der Waals surface area contributed by atoms with Crippen molar-refractivity contribution in [2.75, 3.05) is 5.73 Å². The zero-order valence-corrected chi connectivity index (χ0v) is 21.6. The van der Waals surface area contributed by atoms with E-state index in [0.29, 0.717) is 51.2 Å². The summed E-state index contributed by atoms with van der Waals surface area (Å²) in [6.45, 7) is 2.41. The zero-order chi connectivity index (χ0) is 26.4. The van der Waals surface area contributed by atoms with Crippen LogP contribution in [-0.2, 0) is 6.54 Å². The van der Waals surface area contributed by atoms with Gasteiger partial charge in [-0.15, -0.1) is 0 Å². The van der Waals surface area contributed by atoms with Gasteiger partial charge in [0.15, 0.2) is 11.4 Å². The monoisotopic (exact) mass is 530 g/mol. The molecule has 10 heteroatoms. The van der Waals surface area contributed by atoms with Crippen LogP contribution in [0.1, 0.15) is 41.7 Å². The van der Waals surface area contributed by atoms with Gasteiger partial charge in [0.05, 0.1) is 38.4 Å². The summed E-state index contributed by atoms with van der Waals surface area (Å²) in [4.78, 5) is 30.7. The molecule has 0 saturated heterocycles. The lowest BCUT2D eigenvalue weighted by Gasteiger charge is -2.29.